The molecule has 92 valence electrons. The average Bonchev–Trinajstić information content (AvgIpc) is 3.15. The van der Waals surface area contributed by atoms with Crippen LogP contribution >= 0.6 is 0 Å². The van der Waals surface area contributed by atoms with Crippen molar-refractivity contribution in [3.05, 3.63) is 35.4 Å². The number of nitrogens with one attached hydrogen (secondary N) is 1. The number of hydrogen-bond acceptors (Lipinski definition) is 3. The second kappa shape index (κ2) is 5.32. The van der Waals surface area contributed by atoms with Crippen LogP contribution in [0, 0.1) is 0 Å². The highest BCUT2D eigenvalue weighted by Crippen LogP contribution is 2.40. The Morgan fingerprint density at radius 3 is 2.53 bits per heavy atom. The van der Waals surface area contributed by atoms with Gasteiger partial charge >= 0.3 is 5.97 Å². The van der Waals surface area contributed by atoms with Crippen molar-refractivity contribution in [3.8, 4) is 0 Å². The predicted octanol–water partition coefficient (Wildman–Crippen LogP) is 2.39. The van der Waals surface area contributed by atoms with Gasteiger partial charge in [-0.05, 0) is 43.9 Å². The summed E-state index contributed by atoms with van der Waals surface area (Å²) in [5, 5.41) is 2.99. The fraction of sp³-hybridized carbons (Fsp3) is 0.500. The Kier molecular flexibility index (Phi) is 3.79. The number of esters is 1. The molecule has 17 heavy (non-hydrogen) atoms. The second-order valence-corrected chi connectivity index (χ2v) is 4.41. The molecule has 1 N–H and O–H groups in total. The van der Waals surface area contributed by atoms with Crippen molar-refractivity contribution in [1.82, 2.24) is 5.32 Å². The highest BCUT2D eigenvalue weighted by atomic mass is 16.5. The number of benzene rings is 1. The van der Waals surface area contributed by atoms with E-state index in [0.717, 1.165) is 11.5 Å². The van der Waals surface area contributed by atoms with E-state index < -0.39 is 0 Å². The first-order valence-corrected chi connectivity index (χ1v) is 6.20. The molecule has 0 aliphatic heterocycles. The third kappa shape index (κ3) is 2.86. The van der Waals surface area contributed by atoms with Crippen LogP contribution < -0.4 is 5.32 Å². The maximum atomic E-state index is 11.7. The van der Waals surface area contributed by atoms with Crippen molar-refractivity contribution in [1.29, 1.82) is 0 Å². The van der Waals surface area contributed by atoms with E-state index in [0.29, 0.717) is 6.61 Å². The molecular formula is C14H19NO2. The molecule has 1 aromatic rings. The lowest BCUT2D eigenvalue weighted by atomic mass is 10.0. The molecule has 3 heteroatoms. The van der Waals surface area contributed by atoms with Gasteiger partial charge in [-0.15, -0.1) is 0 Å². The van der Waals surface area contributed by atoms with Crippen LogP contribution in [0.5, 0.6) is 0 Å². The fourth-order valence-corrected chi connectivity index (χ4v) is 2.02. The van der Waals surface area contributed by atoms with Crippen LogP contribution in [0.15, 0.2) is 24.3 Å². The van der Waals surface area contributed by atoms with E-state index in [1.807, 2.05) is 19.1 Å². The minimum Gasteiger partial charge on any atom is -0.465 e. The van der Waals surface area contributed by atoms with E-state index in [1.54, 1.807) is 7.05 Å². The molecule has 1 unspecified atom stereocenters. The zero-order chi connectivity index (χ0) is 12.3. The van der Waals surface area contributed by atoms with Gasteiger partial charge in [0.05, 0.1) is 6.61 Å². The Balaban J connectivity index is 2.10. The van der Waals surface area contributed by atoms with Gasteiger partial charge in [-0.2, -0.15) is 0 Å². The van der Waals surface area contributed by atoms with Gasteiger partial charge in [-0.25, -0.2) is 4.79 Å². The van der Waals surface area contributed by atoms with Gasteiger partial charge in [0.2, 0.25) is 0 Å². The van der Waals surface area contributed by atoms with E-state index in [9.17, 15) is 4.79 Å². The Labute approximate surface area is 102 Å². The fourth-order valence-electron chi connectivity index (χ4n) is 2.02. The summed E-state index contributed by atoms with van der Waals surface area (Å²) < 4.78 is 5.04. The first-order chi connectivity index (χ1) is 8.26. The van der Waals surface area contributed by atoms with Crippen LogP contribution in [0.4, 0.5) is 0 Å². The summed E-state index contributed by atoms with van der Waals surface area (Å²) in [6, 6.07) is 7.92. The maximum Gasteiger partial charge on any atom is 0.327 e. The Morgan fingerprint density at radius 2 is 2.06 bits per heavy atom. The van der Waals surface area contributed by atoms with Crippen molar-refractivity contribution < 1.29 is 9.53 Å². The number of likely N-dealkylation sites (N-methyl/N-ethyl adjacent to an activating group) is 1. The molecule has 0 bridgehead atoms. The SMILES string of the molecule is CCOC(=O)C(NC)c1ccc(C2CC2)cc1. The molecule has 0 spiro atoms. The number of ether oxygens (including phenoxy) is 1. The summed E-state index contributed by atoms with van der Waals surface area (Å²) in [5.74, 6) is 0.536. The normalized spacial score (nSPS) is 16.6. The lowest BCUT2D eigenvalue weighted by Gasteiger charge is -2.15. The monoisotopic (exact) mass is 233 g/mol. The predicted molar refractivity (Wildman–Crippen MR) is 66.9 cm³/mol. The van der Waals surface area contributed by atoms with Crippen LogP contribution in [-0.2, 0) is 9.53 Å². The molecule has 0 heterocycles. The lowest BCUT2D eigenvalue weighted by Crippen LogP contribution is -2.27. The highest BCUT2D eigenvalue weighted by molar-refractivity contribution is 5.77. The van der Waals surface area contributed by atoms with Gasteiger partial charge in [0.25, 0.3) is 0 Å². The Hall–Kier alpha value is -1.35. The Morgan fingerprint density at radius 1 is 1.41 bits per heavy atom. The van der Waals surface area contributed by atoms with E-state index in [2.05, 4.69) is 17.4 Å². The van der Waals surface area contributed by atoms with Crippen LogP contribution in [-0.4, -0.2) is 19.6 Å². The van der Waals surface area contributed by atoms with Crippen LogP contribution in [0.3, 0.4) is 0 Å². The van der Waals surface area contributed by atoms with Crippen LogP contribution in [0.2, 0.25) is 0 Å². The molecule has 3 nitrogen and oxygen atoms in total. The van der Waals surface area contributed by atoms with Gasteiger partial charge in [0.15, 0.2) is 0 Å². The molecule has 1 atom stereocenters. The topological polar surface area (TPSA) is 38.3 Å². The number of rotatable bonds is 5. The zero-order valence-electron chi connectivity index (χ0n) is 10.4. The molecule has 1 aromatic carbocycles. The van der Waals surface area contributed by atoms with Gasteiger partial charge in [0.1, 0.15) is 6.04 Å². The summed E-state index contributed by atoms with van der Waals surface area (Å²) in [7, 11) is 1.77. The molecule has 0 aromatic heterocycles. The molecule has 1 saturated carbocycles. The quantitative estimate of drug-likeness (QED) is 0.794. The van der Waals surface area contributed by atoms with Crippen LogP contribution in [0.1, 0.15) is 42.9 Å². The summed E-state index contributed by atoms with van der Waals surface area (Å²) >= 11 is 0. The summed E-state index contributed by atoms with van der Waals surface area (Å²) in [5.41, 5.74) is 2.35. The first kappa shape index (κ1) is 12.1. The zero-order valence-corrected chi connectivity index (χ0v) is 10.4. The smallest absolute Gasteiger partial charge is 0.327 e. The third-order valence-electron chi connectivity index (χ3n) is 3.13. The van der Waals surface area contributed by atoms with Crippen molar-refractivity contribution in [2.75, 3.05) is 13.7 Å². The summed E-state index contributed by atoms with van der Waals surface area (Å²) in [4.78, 5) is 11.7. The minimum absolute atomic E-state index is 0.214. The van der Waals surface area contributed by atoms with Crippen LogP contribution in [0.25, 0.3) is 0 Å². The molecule has 0 radical (unpaired) electrons. The van der Waals surface area contributed by atoms with E-state index in [-0.39, 0.29) is 12.0 Å². The van der Waals surface area contributed by atoms with Gasteiger partial charge in [-0.1, -0.05) is 24.3 Å². The summed E-state index contributed by atoms with van der Waals surface area (Å²) in [6.07, 6.45) is 2.60. The minimum atomic E-state index is -0.358. The third-order valence-corrected chi connectivity index (χ3v) is 3.13. The molecule has 1 aliphatic rings. The van der Waals surface area contributed by atoms with Gasteiger partial charge < -0.3 is 10.1 Å². The van der Waals surface area contributed by atoms with E-state index in [1.165, 1.54) is 18.4 Å². The maximum absolute atomic E-state index is 11.7. The van der Waals surface area contributed by atoms with Crippen molar-refractivity contribution >= 4 is 5.97 Å². The van der Waals surface area contributed by atoms with E-state index in [4.69, 9.17) is 4.74 Å². The average molecular weight is 233 g/mol. The molecule has 0 amide bonds. The van der Waals surface area contributed by atoms with Gasteiger partial charge in [0, 0.05) is 0 Å². The Bertz CT molecular complexity index is 382. The lowest BCUT2D eigenvalue weighted by molar-refractivity contribution is -0.145. The van der Waals surface area contributed by atoms with Crippen molar-refractivity contribution in [2.24, 2.45) is 0 Å². The molecule has 1 fully saturated rings. The second-order valence-electron chi connectivity index (χ2n) is 4.41. The highest BCUT2D eigenvalue weighted by Gasteiger charge is 2.24. The molecular weight excluding hydrogens is 214 g/mol. The largest absolute Gasteiger partial charge is 0.465 e. The first-order valence-electron chi connectivity index (χ1n) is 6.20. The van der Waals surface area contributed by atoms with Crippen molar-refractivity contribution in [2.45, 2.75) is 31.7 Å². The molecule has 2 rings (SSSR count). The van der Waals surface area contributed by atoms with E-state index >= 15 is 0 Å². The molecule has 0 saturated heterocycles. The number of carbonyl (C=O) groups excluding carboxylic acids is 1. The standard InChI is InChI=1S/C14H19NO2/c1-3-17-14(16)13(15-2)12-8-6-11(7-9-12)10-4-5-10/h6-10,13,15H,3-5H2,1-2H3. The molecule has 1 aliphatic carbocycles. The number of carbonyl (C=O) groups is 1. The summed E-state index contributed by atoms with van der Waals surface area (Å²) in [6.45, 7) is 2.23. The number of hydrogen-bond donors (Lipinski definition) is 1. The van der Waals surface area contributed by atoms with Gasteiger partial charge in [-0.3, -0.25) is 0 Å². The van der Waals surface area contributed by atoms with Crippen molar-refractivity contribution in [3.63, 3.8) is 0 Å².